The van der Waals surface area contributed by atoms with Crippen LogP contribution in [-0.2, 0) is 6.54 Å². The van der Waals surface area contributed by atoms with Crippen LogP contribution < -0.4 is 11.1 Å². The molecule has 2 aliphatic heterocycles. The fraction of sp³-hybridized carbons (Fsp3) is 0.400. The molecular weight excluding hydrogens is 360 g/mol. The minimum atomic E-state index is -0.386. The van der Waals surface area contributed by atoms with Crippen LogP contribution in [0.25, 0.3) is 0 Å². The van der Waals surface area contributed by atoms with Crippen molar-refractivity contribution in [3.05, 3.63) is 57.8 Å². The molecule has 2 amide bonds. The highest BCUT2D eigenvalue weighted by Crippen LogP contribution is 2.26. The van der Waals surface area contributed by atoms with Crippen LogP contribution in [0.4, 0.5) is 0 Å². The van der Waals surface area contributed by atoms with E-state index in [0.29, 0.717) is 24.2 Å². The van der Waals surface area contributed by atoms with Gasteiger partial charge >= 0.3 is 0 Å². The van der Waals surface area contributed by atoms with E-state index in [1.807, 2.05) is 36.4 Å². The number of carbonyl (C=O) groups excluding carboxylic acids is 2. The van der Waals surface area contributed by atoms with Gasteiger partial charge in [-0.2, -0.15) is 0 Å². The molecule has 1 aromatic carbocycles. The monoisotopic (exact) mass is 384 g/mol. The summed E-state index contributed by atoms with van der Waals surface area (Å²) in [4.78, 5) is 29.8. The number of amides is 2. The number of carbonyl (C=O) groups is 2. The first kappa shape index (κ1) is 18.2. The molecule has 7 heteroatoms. The van der Waals surface area contributed by atoms with Gasteiger partial charge in [0.25, 0.3) is 5.91 Å². The van der Waals surface area contributed by atoms with Gasteiger partial charge in [0.05, 0.1) is 5.56 Å². The summed E-state index contributed by atoms with van der Waals surface area (Å²) in [7, 11) is 0. The Bertz CT molecular complexity index is 822. The van der Waals surface area contributed by atoms with Crippen LogP contribution in [0.2, 0.25) is 0 Å². The summed E-state index contributed by atoms with van der Waals surface area (Å²) in [6, 6.07) is 12.0. The topological polar surface area (TPSA) is 78.7 Å². The zero-order chi connectivity index (χ0) is 18.8. The summed E-state index contributed by atoms with van der Waals surface area (Å²) in [5.41, 5.74) is 6.64. The fourth-order valence-electron chi connectivity index (χ4n) is 4.00. The van der Waals surface area contributed by atoms with Crippen molar-refractivity contribution in [2.45, 2.75) is 25.0 Å². The van der Waals surface area contributed by atoms with E-state index in [1.165, 1.54) is 0 Å². The van der Waals surface area contributed by atoms with Gasteiger partial charge in [-0.25, -0.2) is 0 Å². The van der Waals surface area contributed by atoms with Crippen LogP contribution in [0.3, 0.4) is 0 Å². The number of benzene rings is 1. The molecule has 4 rings (SSSR count). The number of piperazine rings is 1. The largest absolute Gasteiger partial charge is 0.366 e. The van der Waals surface area contributed by atoms with E-state index in [2.05, 4.69) is 15.1 Å². The molecule has 2 saturated heterocycles. The molecule has 3 heterocycles. The highest BCUT2D eigenvalue weighted by molar-refractivity contribution is 7.10. The van der Waals surface area contributed by atoms with Gasteiger partial charge in [0.2, 0.25) is 5.91 Å². The predicted molar refractivity (Wildman–Crippen MR) is 106 cm³/mol. The lowest BCUT2D eigenvalue weighted by atomic mass is 10.1. The Morgan fingerprint density at radius 2 is 2.00 bits per heavy atom. The first-order valence-corrected chi connectivity index (χ1v) is 10.2. The molecule has 2 bridgehead atoms. The number of nitrogens with zero attached hydrogens (tertiary/aromatic N) is 2. The summed E-state index contributed by atoms with van der Waals surface area (Å²) >= 11 is 1.54. The quantitative estimate of drug-likeness (QED) is 0.792. The van der Waals surface area contributed by atoms with Gasteiger partial charge < -0.3 is 16.0 Å². The van der Waals surface area contributed by atoms with Crippen LogP contribution in [-0.4, -0.2) is 59.9 Å². The number of fused-ring (bicyclic) bond motifs is 2. The van der Waals surface area contributed by atoms with Crippen molar-refractivity contribution in [2.75, 3.05) is 26.2 Å². The summed E-state index contributed by atoms with van der Waals surface area (Å²) in [6.07, 6.45) is 1.04. The van der Waals surface area contributed by atoms with Gasteiger partial charge in [-0.05, 0) is 24.6 Å². The summed E-state index contributed by atoms with van der Waals surface area (Å²) < 4.78 is 0. The van der Waals surface area contributed by atoms with E-state index in [1.54, 1.807) is 16.7 Å². The fourth-order valence-corrected chi connectivity index (χ4v) is 4.84. The van der Waals surface area contributed by atoms with Gasteiger partial charge in [0, 0.05) is 60.6 Å². The third-order valence-corrected chi connectivity index (χ3v) is 6.40. The lowest BCUT2D eigenvalue weighted by Gasteiger charge is -2.40. The third-order valence-electron chi connectivity index (χ3n) is 5.46. The van der Waals surface area contributed by atoms with Gasteiger partial charge in [-0.15, -0.1) is 11.3 Å². The summed E-state index contributed by atoms with van der Waals surface area (Å²) in [5.74, 6) is -0.250. The maximum absolute atomic E-state index is 12.9. The molecular formula is C20H24N4O2S. The molecule has 3 atom stereocenters. The van der Waals surface area contributed by atoms with Gasteiger partial charge in [0.1, 0.15) is 0 Å². The molecule has 0 aliphatic carbocycles. The minimum absolute atomic E-state index is 0.136. The van der Waals surface area contributed by atoms with Crippen LogP contribution in [0.1, 0.15) is 32.0 Å². The zero-order valence-electron chi connectivity index (χ0n) is 15.1. The molecule has 3 N–H and O–H groups in total. The first-order chi connectivity index (χ1) is 13.1. The highest BCUT2D eigenvalue weighted by Gasteiger charge is 2.40. The van der Waals surface area contributed by atoms with Gasteiger partial charge in [-0.1, -0.05) is 18.2 Å². The van der Waals surface area contributed by atoms with Crippen LogP contribution in [0.5, 0.6) is 0 Å². The lowest BCUT2D eigenvalue weighted by Crippen LogP contribution is -2.57. The number of hydrogen-bond donors (Lipinski definition) is 2. The molecule has 0 saturated carbocycles. The third kappa shape index (κ3) is 3.90. The van der Waals surface area contributed by atoms with E-state index in [4.69, 9.17) is 5.73 Å². The normalized spacial score (nSPS) is 24.1. The molecule has 142 valence electrons. The molecule has 0 spiro atoms. The SMILES string of the molecule is NC(=O)c1csc(CNC[C@H]2CN(C(=O)c3ccccc3)[C@H]3CCN2C3)c1. The van der Waals surface area contributed by atoms with Crippen molar-refractivity contribution in [3.63, 3.8) is 0 Å². The van der Waals surface area contributed by atoms with Crippen molar-refractivity contribution >= 4 is 23.2 Å². The average Bonchev–Trinajstić information content (AvgIpc) is 3.32. The molecule has 2 fully saturated rings. The number of nitrogens with one attached hydrogen (secondary N) is 1. The number of thiophene rings is 1. The van der Waals surface area contributed by atoms with Crippen molar-refractivity contribution < 1.29 is 9.59 Å². The average molecular weight is 385 g/mol. The minimum Gasteiger partial charge on any atom is -0.366 e. The maximum atomic E-state index is 12.9. The lowest BCUT2D eigenvalue weighted by molar-refractivity contribution is 0.0495. The Labute approximate surface area is 162 Å². The van der Waals surface area contributed by atoms with Crippen molar-refractivity contribution in [1.29, 1.82) is 0 Å². The second-order valence-corrected chi connectivity index (χ2v) is 8.21. The predicted octanol–water partition coefficient (Wildman–Crippen LogP) is 1.54. The second-order valence-electron chi connectivity index (χ2n) is 7.21. The Morgan fingerprint density at radius 1 is 1.19 bits per heavy atom. The standard InChI is InChI=1S/C20H24N4O2S/c21-19(25)15-8-18(27-13-15)10-22-9-17-12-24(16-6-7-23(17)11-16)20(26)14-4-2-1-3-5-14/h1-5,8,13,16-17,22H,6-7,9-12H2,(H2,21,25)/t16-,17-/m0/s1. The molecule has 2 aromatic rings. The van der Waals surface area contributed by atoms with Crippen LogP contribution in [0.15, 0.2) is 41.8 Å². The smallest absolute Gasteiger partial charge is 0.254 e. The Balaban J connectivity index is 1.36. The number of rotatable bonds is 6. The van der Waals surface area contributed by atoms with E-state index in [9.17, 15) is 9.59 Å². The van der Waals surface area contributed by atoms with E-state index < -0.39 is 0 Å². The number of primary amides is 1. The molecule has 2 aliphatic rings. The van der Waals surface area contributed by atoms with Gasteiger partial charge in [0.15, 0.2) is 0 Å². The highest BCUT2D eigenvalue weighted by atomic mass is 32.1. The maximum Gasteiger partial charge on any atom is 0.254 e. The Morgan fingerprint density at radius 3 is 2.74 bits per heavy atom. The molecule has 0 radical (unpaired) electrons. The van der Waals surface area contributed by atoms with Crippen LogP contribution in [0, 0.1) is 0 Å². The van der Waals surface area contributed by atoms with E-state index in [0.717, 1.165) is 43.0 Å². The summed E-state index contributed by atoms with van der Waals surface area (Å²) in [5, 5.41) is 5.28. The first-order valence-electron chi connectivity index (χ1n) is 9.30. The Hall–Kier alpha value is -2.22. The molecule has 1 unspecified atom stereocenters. The molecule has 6 nitrogen and oxygen atoms in total. The van der Waals surface area contributed by atoms with Crippen molar-refractivity contribution in [3.8, 4) is 0 Å². The Kier molecular flexibility index (Phi) is 5.24. The van der Waals surface area contributed by atoms with E-state index >= 15 is 0 Å². The molecule has 27 heavy (non-hydrogen) atoms. The van der Waals surface area contributed by atoms with E-state index in [-0.39, 0.29) is 11.8 Å². The second kappa shape index (κ2) is 7.80. The van der Waals surface area contributed by atoms with Crippen molar-refractivity contribution in [1.82, 2.24) is 15.1 Å². The van der Waals surface area contributed by atoms with Gasteiger partial charge in [-0.3, -0.25) is 14.5 Å². The number of nitrogens with two attached hydrogens (primary N) is 1. The van der Waals surface area contributed by atoms with Crippen LogP contribution >= 0.6 is 11.3 Å². The van der Waals surface area contributed by atoms with Crippen molar-refractivity contribution in [2.24, 2.45) is 5.73 Å². The molecule has 1 aromatic heterocycles. The number of hydrogen-bond acceptors (Lipinski definition) is 5. The summed E-state index contributed by atoms with van der Waals surface area (Å²) in [6.45, 7) is 4.27. The zero-order valence-corrected chi connectivity index (χ0v) is 16.0.